The molecule has 6 heteroatoms. The van der Waals surface area contributed by atoms with Crippen molar-refractivity contribution >= 4 is 5.82 Å². The van der Waals surface area contributed by atoms with Gasteiger partial charge in [-0.15, -0.1) is 0 Å². The Morgan fingerprint density at radius 1 is 1.03 bits per heavy atom. The number of nitrogens with one attached hydrogen (secondary N) is 2. The molecule has 1 aliphatic rings. The fraction of sp³-hybridized carbons (Fsp3) is 0.217. The summed E-state index contributed by atoms with van der Waals surface area (Å²) >= 11 is 0. The zero-order valence-electron chi connectivity index (χ0n) is 16.4. The molecule has 3 heterocycles. The van der Waals surface area contributed by atoms with Gasteiger partial charge in [-0.25, -0.2) is 14.1 Å². The van der Waals surface area contributed by atoms with Gasteiger partial charge >= 0.3 is 0 Å². The van der Waals surface area contributed by atoms with Crippen LogP contribution in [0.5, 0.6) is 0 Å². The topological polar surface area (TPSA) is 58.5 Å². The summed E-state index contributed by atoms with van der Waals surface area (Å²) in [6.45, 7) is 4.41. The molecule has 1 aliphatic heterocycles. The summed E-state index contributed by atoms with van der Waals surface area (Å²) in [6.07, 6.45) is 4.56. The van der Waals surface area contributed by atoms with E-state index < -0.39 is 0 Å². The number of nitrogens with zero attached hydrogens (tertiary/aromatic N) is 3. The number of aromatic nitrogens is 4. The van der Waals surface area contributed by atoms with E-state index in [1.165, 1.54) is 17.7 Å². The van der Waals surface area contributed by atoms with Crippen LogP contribution in [0.25, 0.3) is 22.6 Å². The third-order valence-corrected chi connectivity index (χ3v) is 5.55. The molecule has 29 heavy (non-hydrogen) atoms. The van der Waals surface area contributed by atoms with Crippen molar-refractivity contribution in [3.05, 3.63) is 78.4 Å². The molecule has 0 saturated heterocycles. The Kier molecular flexibility index (Phi) is 4.01. The molecule has 5 rings (SSSR count). The van der Waals surface area contributed by atoms with Crippen LogP contribution in [-0.2, 0) is 5.54 Å². The van der Waals surface area contributed by atoms with E-state index in [1.807, 2.05) is 16.9 Å². The highest BCUT2D eigenvalue weighted by atomic mass is 19.1. The lowest BCUT2D eigenvalue weighted by Gasteiger charge is -2.38. The van der Waals surface area contributed by atoms with Crippen molar-refractivity contribution in [3.63, 3.8) is 0 Å². The normalized spacial score (nSPS) is 17.6. The third kappa shape index (κ3) is 3.10. The third-order valence-electron chi connectivity index (χ3n) is 5.55. The van der Waals surface area contributed by atoms with Crippen LogP contribution in [-0.4, -0.2) is 19.7 Å². The SMILES string of the molecule is CC1(C)CC(c2ccccc2)Nc2c(-c3ncc(-c4ccc(F)cc4)[nH]3)cnn21. The smallest absolute Gasteiger partial charge is 0.143 e. The average molecular weight is 387 g/mol. The molecule has 0 amide bonds. The molecule has 2 aromatic carbocycles. The van der Waals surface area contributed by atoms with E-state index in [9.17, 15) is 4.39 Å². The second-order valence-electron chi connectivity index (χ2n) is 8.10. The number of fused-ring (bicyclic) bond motifs is 1. The maximum absolute atomic E-state index is 13.2. The van der Waals surface area contributed by atoms with Crippen LogP contribution in [0.3, 0.4) is 0 Å². The molecule has 1 atom stereocenters. The Bertz CT molecular complexity index is 1140. The van der Waals surface area contributed by atoms with E-state index in [2.05, 4.69) is 58.5 Å². The van der Waals surface area contributed by atoms with Crippen molar-refractivity contribution in [1.29, 1.82) is 0 Å². The van der Waals surface area contributed by atoms with Crippen LogP contribution >= 0.6 is 0 Å². The molecule has 0 spiro atoms. The summed E-state index contributed by atoms with van der Waals surface area (Å²) in [7, 11) is 0. The summed E-state index contributed by atoms with van der Waals surface area (Å²) < 4.78 is 15.3. The zero-order valence-corrected chi connectivity index (χ0v) is 16.4. The van der Waals surface area contributed by atoms with Gasteiger partial charge in [0.05, 0.1) is 35.2 Å². The van der Waals surface area contributed by atoms with Crippen molar-refractivity contribution in [3.8, 4) is 22.6 Å². The fourth-order valence-corrected chi connectivity index (χ4v) is 4.04. The molecule has 146 valence electrons. The first-order valence-electron chi connectivity index (χ1n) is 9.72. The van der Waals surface area contributed by atoms with Crippen molar-refractivity contribution in [2.24, 2.45) is 0 Å². The van der Waals surface area contributed by atoms with Gasteiger partial charge in [-0.2, -0.15) is 5.10 Å². The van der Waals surface area contributed by atoms with E-state index in [4.69, 9.17) is 0 Å². The van der Waals surface area contributed by atoms with Crippen molar-refractivity contribution < 1.29 is 4.39 Å². The highest BCUT2D eigenvalue weighted by Crippen LogP contribution is 2.42. The minimum Gasteiger partial charge on any atom is -0.363 e. The second-order valence-corrected chi connectivity index (χ2v) is 8.10. The van der Waals surface area contributed by atoms with Gasteiger partial charge in [0.15, 0.2) is 0 Å². The minimum atomic E-state index is -0.252. The lowest BCUT2D eigenvalue weighted by atomic mass is 9.89. The summed E-state index contributed by atoms with van der Waals surface area (Å²) in [6, 6.07) is 17.1. The number of H-pyrrole nitrogens is 1. The Balaban J connectivity index is 1.53. The van der Waals surface area contributed by atoms with Crippen LogP contribution in [0.2, 0.25) is 0 Å². The lowest BCUT2D eigenvalue weighted by molar-refractivity contribution is 0.263. The molecule has 4 aromatic rings. The number of aromatic amines is 1. The number of imidazole rings is 1. The monoisotopic (exact) mass is 387 g/mol. The molecule has 2 N–H and O–H groups in total. The first kappa shape index (κ1) is 17.7. The lowest BCUT2D eigenvalue weighted by Crippen LogP contribution is -2.37. The number of benzene rings is 2. The second kappa shape index (κ2) is 6.58. The zero-order chi connectivity index (χ0) is 20.0. The molecular formula is C23H22FN5. The average Bonchev–Trinajstić information content (AvgIpc) is 3.36. The maximum atomic E-state index is 13.2. The van der Waals surface area contributed by atoms with Crippen LogP contribution < -0.4 is 5.32 Å². The van der Waals surface area contributed by atoms with Crippen LogP contribution in [0, 0.1) is 5.82 Å². The number of rotatable bonds is 3. The first-order valence-corrected chi connectivity index (χ1v) is 9.72. The number of hydrogen-bond acceptors (Lipinski definition) is 3. The highest BCUT2D eigenvalue weighted by Gasteiger charge is 2.36. The van der Waals surface area contributed by atoms with Crippen molar-refractivity contribution in [2.45, 2.75) is 31.8 Å². The van der Waals surface area contributed by atoms with Crippen molar-refractivity contribution in [1.82, 2.24) is 19.7 Å². The van der Waals surface area contributed by atoms with Gasteiger partial charge in [0.25, 0.3) is 0 Å². The molecule has 2 aromatic heterocycles. The van der Waals surface area contributed by atoms with Gasteiger partial charge in [-0.3, -0.25) is 0 Å². The Labute approximate surface area is 168 Å². The summed E-state index contributed by atoms with van der Waals surface area (Å²) in [5.41, 5.74) is 3.78. The van der Waals surface area contributed by atoms with E-state index in [0.717, 1.165) is 34.9 Å². The van der Waals surface area contributed by atoms with Gasteiger partial charge in [-0.05, 0) is 55.7 Å². The van der Waals surface area contributed by atoms with Crippen LogP contribution in [0.4, 0.5) is 10.2 Å². The summed E-state index contributed by atoms with van der Waals surface area (Å²) in [5, 5.41) is 8.32. The molecule has 0 bridgehead atoms. The highest BCUT2D eigenvalue weighted by molar-refractivity contribution is 5.73. The first-order chi connectivity index (χ1) is 14.0. The predicted molar refractivity (Wildman–Crippen MR) is 112 cm³/mol. The number of halogens is 1. The standard InChI is InChI=1S/C23H22FN5/c1-23(2)12-19(15-6-4-3-5-7-15)28-22-18(13-26-29(22)23)21-25-14-20(27-21)16-8-10-17(24)11-9-16/h3-11,13-14,19,28H,12H2,1-2H3,(H,25,27). The Hall–Kier alpha value is -3.41. The van der Waals surface area contributed by atoms with E-state index >= 15 is 0 Å². The van der Waals surface area contributed by atoms with Crippen molar-refractivity contribution in [2.75, 3.05) is 5.32 Å². The summed E-state index contributed by atoms with van der Waals surface area (Å²) in [4.78, 5) is 7.92. The molecule has 0 saturated carbocycles. The molecule has 0 fully saturated rings. The molecule has 0 radical (unpaired) electrons. The molecular weight excluding hydrogens is 365 g/mol. The minimum absolute atomic E-state index is 0.133. The molecule has 0 aliphatic carbocycles. The van der Waals surface area contributed by atoms with Gasteiger partial charge in [0.1, 0.15) is 17.5 Å². The van der Waals surface area contributed by atoms with E-state index in [0.29, 0.717) is 0 Å². The largest absolute Gasteiger partial charge is 0.363 e. The quantitative estimate of drug-likeness (QED) is 0.497. The number of anilines is 1. The Morgan fingerprint density at radius 3 is 2.55 bits per heavy atom. The van der Waals surface area contributed by atoms with Gasteiger partial charge in [0.2, 0.25) is 0 Å². The maximum Gasteiger partial charge on any atom is 0.143 e. The van der Waals surface area contributed by atoms with E-state index in [-0.39, 0.29) is 17.4 Å². The fourth-order valence-electron chi connectivity index (χ4n) is 4.04. The summed E-state index contributed by atoms with van der Waals surface area (Å²) in [5.74, 6) is 1.44. The number of hydrogen-bond donors (Lipinski definition) is 2. The van der Waals surface area contributed by atoms with Crippen LogP contribution in [0.15, 0.2) is 67.0 Å². The van der Waals surface area contributed by atoms with E-state index in [1.54, 1.807) is 18.3 Å². The molecule has 1 unspecified atom stereocenters. The van der Waals surface area contributed by atoms with Crippen LogP contribution in [0.1, 0.15) is 31.9 Å². The predicted octanol–water partition coefficient (Wildman–Crippen LogP) is 5.37. The molecule has 5 nitrogen and oxygen atoms in total. The van der Waals surface area contributed by atoms with Gasteiger partial charge < -0.3 is 10.3 Å². The van der Waals surface area contributed by atoms with Gasteiger partial charge in [-0.1, -0.05) is 30.3 Å². The van der Waals surface area contributed by atoms with Gasteiger partial charge in [0, 0.05) is 0 Å². The Morgan fingerprint density at radius 2 is 1.79 bits per heavy atom.